The molecule has 0 saturated heterocycles. The minimum absolute atomic E-state index is 0.251. The van der Waals surface area contributed by atoms with Gasteiger partial charge in [0.05, 0.1) is 0 Å². The van der Waals surface area contributed by atoms with Crippen LogP contribution in [0.3, 0.4) is 0 Å². The largest absolute Gasteiger partial charge is 0.407 e. The smallest absolute Gasteiger partial charge is 0.315 e. The van der Waals surface area contributed by atoms with E-state index in [9.17, 15) is 0 Å². The number of aromatic nitrogens is 2. The van der Waals surface area contributed by atoms with Crippen LogP contribution in [-0.4, -0.2) is 16.7 Å². The molecule has 1 aromatic carbocycles. The summed E-state index contributed by atoms with van der Waals surface area (Å²) in [6.45, 7) is 0.820. The predicted octanol–water partition coefficient (Wildman–Crippen LogP) is 2.56. The molecule has 1 unspecified atom stereocenters. The third-order valence-corrected chi connectivity index (χ3v) is 3.27. The van der Waals surface area contributed by atoms with Crippen LogP contribution in [0.2, 0.25) is 0 Å². The highest BCUT2D eigenvalue weighted by Gasteiger charge is 2.25. The lowest BCUT2D eigenvalue weighted by Gasteiger charge is -2.29. The van der Waals surface area contributed by atoms with Gasteiger partial charge in [-0.25, -0.2) is 0 Å². The van der Waals surface area contributed by atoms with Crippen molar-refractivity contribution in [3.8, 4) is 0 Å². The molecule has 1 N–H and O–H groups in total. The fourth-order valence-corrected chi connectivity index (χ4v) is 2.24. The SMILES string of the molecule is ClCc1nnc(NCC2Cc3ccccc32)o1. The maximum atomic E-state index is 5.58. The Labute approximate surface area is 104 Å². The van der Waals surface area contributed by atoms with Gasteiger partial charge < -0.3 is 9.73 Å². The highest BCUT2D eigenvalue weighted by atomic mass is 35.5. The fraction of sp³-hybridized carbons (Fsp3) is 0.333. The molecule has 0 aliphatic heterocycles. The van der Waals surface area contributed by atoms with Gasteiger partial charge in [0.25, 0.3) is 0 Å². The van der Waals surface area contributed by atoms with Crippen molar-refractivity contribution in [3.63, 3.8) is 0 Å². The molecule has 0 amide bonds. The molecular formula is C12H12ClN3O. The van der Waals surface area contributed by atoms with Crippen LogP contribution >= 0.6 is 11.6 Å². The number of nitrogens with one attached hydrogen (secondary N) is 1. The fourth-order valence-electron chi connectivity index (χ4n) is 2.13. The summed E-state index contributed by atoms with van der Waals surface area (Å²) in [5.74, 6) is 1.24. The van der Waals surface area contributed by atoms with E-state index < -0.39 is 0 Å². The van der Waals surface area contributed by atoms with Crippen molar-refractivity contribution < 1.29 is 4.42 Å². The minimum Gasteiger partial charge on any atom is -0.407 e. The molecule has 0 radical (unpaired) electrons. The summed E-state index contributed by atoms with van der Waals surface area (Å²) >= 11 is 5.58. The van der Waals surface area contributed by atoms with Crippen molar-refractivity contribution in [2.45, 2.75) is 18.2 Å². The number of anilines is 1. The summed E-state index contributed by atoms with van der Waals surface area (Å²) in [7, 11) is 0. The molecule has 2 aromatic rings. The lowest BCUT2D eigenvalue weighted by molar-refractivity contribution is 0.519. The maximum Gasteiger partial charge on any atom is 0.315 e. The summed E-state index contributed by atoms with van der Waals surface area (Å²) in [6, 6.07) is 8.94. The molecule has 1 atom stereocenters. The second kappa shape index (κ2) is 4.37. The third-order valence-electron chi connectivity index (χ3n) is 3.04. The van der Waals surface area contributed by atoms with E-state index in [0.717, 1.165) is 13.0 Å². The third kappa shape index (κ3) is 2.00. The van der Waals surface area contributed by atoms with Gasteiger partial charge >= 0.3 is 6.01 Å². The second-order valence-corrected chi connectivity index (χ2v) is 4.38. The number of benzene rings is 1. The molecule has 1 aromatic heterocycles. The molecule has 0 bridgehead atoms. The number of hydrogen-bond acceptors (Lipinski definition) is 4. The quantitative estimate of drug-likeness (QED) is 0.846. The zero-order valence-electron chi connectivity index (χ0n) is 9.19. The van der Waals surface area contributed by atoms with Crippen LogP contribution in [0.4, 0.5) is 6.01 Å². The van der Waals surface area contributed by atoms with E-state index in [4.69, 9.17) is 16.0 Å². The highest BCUT2D eigenvalue weighted by Crippen LogP contribution is 2.34. The van der Waals surface area contributed by atoms with Crippen molar-refractivity contribution in [2.24, 2.45) is 0 Å². The van der Waals surface area contributed by atoms with E-state index in [0.29, 0.717) is 17.8 Å². The minimum atomic E-state index is 0.251. The normalized spacial score (nSPS) is 17.4. The molecule has 3 rings (SSSR count). The Morgan fingerprint density at radius 2 is 2.24 bits per heavy atom. The number of alkyl halides is 1. The predicted molar refractivity (Wildman–Crippen MR) is 65.2 cm³/mol. The van der Waals surface area contributed by atoms with E-state index in [1.807, 2.05) is 0 Å². The number of nitrogens with zero attached hydrogens (tertiary/aromatic N) is 2. The molecule has 0 spiro atoms. The highest BCUT2D eigenvalue weighted by molar-refractivity contribution is 6.16. The van der Waals surface area contributed by atoms with Crippen LogP contribution < -0.4 is 5.32 Å². The molecule has 5 heteroatoms. The van der Waals surface area contributed by atoms with Crippen LogP contribution in [0.25, 0.3) is 0 Å². The van der Waals surface area contributed by atoms with Crippen LogP contribution in [0, 0.1) is 0 Å². The van der Waals surface area contributed by atoms with E-state index in [-0.39, 0.29) is 5.88 Å². The van der Waals surface area contributed by atoms with Crippen LogP contribution in [0.1, 0.15) is 22.9 Å². The van der Waals surface area contributed by atoms with Gasteiger partial charge in [-0.1, -0.05) is 29.4 Å². The van der Waals surface area contributed by atoms with Crippen molar-refractivity contribution in [1.82, 2.24) is 10.2 Å². The first-order valence-electron chi connectivity index (χ1n) is 5.57. The van der Waals surface area contributed by atoms with Gasteiger partial charge in [0.15, 0.2) is 0 Å². The van der Waals surface area contributed by atoms with Gasteiger partial charge in [-0.15, -0.1) is 16.7 Å². The molecule has 0 fully saturated rings. The number of rotatable bonds is 4. The standard InChI is InChI=1S/C12H12ClN3O/c13-6-11-15-16-12(17-11)14-7-9-5-8-3-1-2-4-10(8)9/h1-4,9H,5-7H2,(H,14,16). The average Bonchev–Trinajstić information content (AvgIpc) is 2.78. The van der Waals surface area contributed by atoms with Crippen LogP contribution in [0.15, 0.2) is 28.7 Å². The van der Waals surface area contributed by atoms with Gasteiger partial charge in [-0.2, -0.15) is 0 Å². The van der Waals surface area contributed by atoms with Gasteiger partial charge in [-0.05, 0) is 17.5 Å². The lowest BCUT2D eigenvalue weighted by atomic mass is 9.78. The van der Waals surface area contributed by atoms with Crippen molar-refractivity contribution in [2.75, 3.05) is 11.9 Å². The Kier molecular flexibility index (Phi) is 2.73. The number of hydrogen-bond donors (Lipinski definition) is 1. The molecular weight excluding hydrogens is 238 g/mol. The second-order valence-electron chi connectivity index (χ2n) is 4.12. The summed E-state index contributed by atoms with van der Waals surface area (Å²) in [4.78, 5) is 0. The van der Waals surface area contributed by atoms with Crippen molar-refractivity contribution in [1.29, 1.82) is 0 Å². The Hall–Kier alpha value is -1.55. The average molecular weight is 250 g/mol. The summed E-state index contributed by atoms with van der Waals surface area (Å²) < 4.78 is 5.27. The zero-order chi connectivity index (χ0) is 11.7. The summed E-state index contributed by atoms with van der Waals surface area (Å²) in [5, 5.41) is 10.8. The van der Waals surface area contributed by atoms with E-state index in [2.05, 4.69) is 39.8 Å². The summed E-state index contributed by atoms with van der Waals surface area (Å²) in [6.07, 6.45) is 1.11. The Morgan fingerprint density at radius 3 is 3.00 bits per heavy atom. The summed E-state index contributed by atoms with van der Waals surface area (Å²) in [5.41, 5.74) is 2.85. The number of fused-ring (bicyclic) bond motifs is 1. The Bertz CT molecular complexity index is 526. The maximum absolute atomic E-state index is 5.58. The van der Waals surface area contributed by atoms with Crippen LogP contribution in [-0.2, 0) is 12.3 Å². The van der Waals surface area contributed by atoms with Gasteiger partial charge in [0.1, 0.15) is 5.88 Å². The first kappa shape index (κ1) is 10.6. The molecule has 1 heterocycles. The molecule has 0 saturated carbocycles. The molecule has 88 valence electrons. The first-order chi connectivity index (χ1) is 8.36. The van der Waals surface area contributed by atoms with E-state index in [1.54, 1.807) is 0 Å². The van der Waals surface area contributed by atoms with Gasteiger partial charge in [-0.3, -0.25) is 0 Å². The first-order valence-corrected chi connectivity index (χ1v) is 6.10. The van der Waals surface area contributed by atoms with Crippen molar-refractivity contribution >= 4 is 17.6 Å². The van der Waals surface area contributed by atoms with Gasteiger partial charge in [0.2, 0.25) is 5.89 Å². The van der Waals surface area contributed by atoms with Gasteiger partial charge in [0, 0.05) is 12.5 Å². The van der Waals surface area contributed by atoms with Crippen LogP contribution in [0.5, 0.6) is 0 Å². The lowest BCUT2D eigenvalue weighted by Crippen LogP contribution is -2.24. The van der Waals surface area contributed by atoms with E-state index >= 15 is 0 Å². The topological polar surface area (TPSA) is 51.0 Å². The Morgan fingerprint density at radius 1 is 1.35 bits per heavy atom. The zero-order valence-corrected chi connectivity index (χ0v) is 9.94. The molecule has 17 heavy (non-hydrogen) atoms. The molecule has 4 nitrogen and oxygen atoms in total. The molecule has 1 aliphatic carbocycles. The van der Waals surface area contributed by atoms with Crippen molar-refractivity contribution in [3.05, 3.63) is 41.3 Å². The number of halogens is 1. The monoisotopic (exact) mass is 249 g/mol. The molecule has 1 aliphatic rings. The van der Waals surface area contributed by atoms with E-state index in [1.165, 1.54) is 11.1 Å². The Balaban J connectivity index is 1.60.